The highest BCUT2D eigenvalue weighted by Gasteiger charge is 2.31. The summed E-state index contributed by atoms with van der Waals surface area (Å²) in [6.07, 6.45) is 5.88. The molecular weight excluding hydrogens is 298 g/mol. The first-order chi connectivity index (χ1) is 10.6. The van der Waals surface area contributed by atoms with Gasteiger partial charge in [0.05, 0.1) is 11.5 Å². The van der Waals surface area contributed by atoms with E-state index in [0.717, 1.165) is 25.9 Å². The molecule has 0 aromatic heterocycles. The van der Waals surface area contributed by atoms with Crippen LogP contribution in [0.3, 0.4) is 0 Å². The van der Waals surface area contributed by atoms with E-state index in [9.17, 15) is 8.42 Å². The maximum atomic E-state index is 11.7. The van der Waals surface area contributed by atoms with E-state index in [0.29, 0.717) is 18.1 Å². The minimum Gasteiger partial charge on any atom is -0.385 e. The summed E-state index contributed by atoms with van der Waals surface area (Å²) in [5, 5.41) is 0. The fraction of sp³-hybridized carbons (Fsp3) is 0.529. The molecule has 0 amide bonds. The number of rotatable bonds is 8. The SMILES string of the molecule is COCCCN(CC=Cc1ccccc1)C1CCS(=O)(=O)C1. The molecule has 1 aliphatic rings. The third kappa shape index (κ3) is 5.55. The molecule has 1 atom stereocenters. The number of sulfone groups is 1. The Hall–Kier alpha value is -1.17. The summed E-state index contributed by atoms with van der Waals surface area (Å²) in [5.74, 6) is 0.611. The van der Waals surface area contributed by atoms with Crippen molar-refractivity contribution in [2.75, 3.05) is 38.3 Å². The molecule has 1 fully saturated rings. The molecule has 0 aliphatic carbocycles. The van der Waals surface area contributed by atoms with E-state index < -0.39 is 9.84 Å². The van der Waals surface area contributed by atoms with Gasteiger partial charge in [-0.3, -0.25) is 4.90 Å². The van der Waals surface area contributed by atoms with Gasteiger partial charge in [-0.25, -0.2) is 8.42 Å². The first-order valence-corrected chi connectivity index (χ1v) is 9.58. The van der Waals surface area contributed by atoms with Crippen LogP contribution in [0.25, 0.3) is 6.08 Å². The minimum absolute atomic E-state index is 0.141. The van der Waals surface area contributed by atoms with Gasteiger partial charge in [0.25, 0.3) is 0 Å². The van der Waals surface area contributed by atoms with E-state index >= 15 is 0 Å². The van der Waals surface area contributed by atoms with Crippen LogP contribution < -0.4 is 0 Å². The van der Waals surface area contributed by atoms with Crippen molar-refractivity contribution in [2.24, 2.45) is 0 Å². The molecule has 0 radical (unpaired) electrons. The highest BCUT2D eigenvalue weighted by Crippen LogP contribution is 2.18. The van der Waals surface area contributed by atoms with E-state index in [2.05, 4.69) is 29.2 Å². The van der Waals surface area contributed by atoms with Gasteiger partial charge in [0, 0.05) is 32.8 Å². The van der Waals surface area contributed by atoms with E-state index in [1.807, 2.05) is 18.2 Å². The number of hydrogen-bond donors (Lipinski definition) is 0. The Labute approximate surface area is 133 Å². The predicted octanol–water partition coefficient (Wildman–Crippen LogP) is 2.23. The summed E-state index contributed by atoms with van der Waals surface area (Å²) < 4.78 is 28.5. The average molecular weight is 323 g/mol. The summed E-state index contributed by atoms with van der Waals surface area (Å²) >= 11 is 0. The molecular formula is C17H25NO3S. The van der Waals surface area contributed by atoms with Crippen molar-refractivity contribution in [3.05, 3.63) is 42.0 Å². The van der Waals surface area contributed by atoms with Crippen molar-refractivity contribution >= 4 is 15.9 Å². The van der Waals surface area contributed by atoms with Crippen LogP contribution in [0, 0.1) is 0 Å². The Morgan fingerprint density at radius 3 is 2.73 bits per heavy atom. The van der Waals surface area contributed by atoms with Crippen molar-refractivity contribution in [2.45, 2.75) is 18.9 Å². The minimum atomic E-state index is -2.85. The monoisotopic (exact) mass is 323 g/mol. The number of nitrogens with zero attached hydrogens (tertiary/aromatic N) is 1. The van der Waals surface area contributed by atoms with Crippen LogP contribution in [-0.2, 0) is 14.6 Å². The Bertz CT molecular complexity index is 569. The van der Waals surface area contributed by atoms with E-state index in [4.69, 9.17) is 4.74 Å². The Morgan fingerprint density at radius 1 is 1.32 bits per heavy atom. The first-order valence-electron chi connectivity index (χ1n) is 7.76. The van der Waals surface area contributed by atoms with Gasteiger partial charge in [0.1, 0.15) is 0 Å². The predicted molar refractivity (Wildman–Crippen MR) is 90.6 cm³/mol. The molecule has 1 unspecified atom stereocenters. The largest absolute Gasteiger partial charge is 0.385 e. The lowest BCUT2D eigenvalue weighted by atomic mass is 10.2. The fourth-order valence-corrected chi connectivity index (χ4v) is 4.55. The molecule has 1 saturated heterocycles. The van der Waals surface area contributed by atoms with Crippen LogP contribution in [0.15, 0.2) is 36.4 Å². The van der Waals surface area contributed by atoms with Crippen LogP contribution in [0.5, 0.6) is 0 Å². The van der Waals surface area contributed by atoms with Gasteiger partial charge >= 0.3 is 0 Å². The zero-order valence-electron chi connectivity index (χ0n) is 13.1. The van der Waals surface area contributed by atoms with Crippen molar-refractivity contribution in [3.8, 4) is 0 Å². The summed E-state index contributed by atoms with van der Waals surface area (Å²) in [4.78, 5) is 2.27. The molecule has 1 aromatic carbocycles. The third-order valence-electron chi connectivity index (χ3n) is 3.97. The smallest absolute Gasteiger partial charge is 0.151 e. The molecule has 2 rings (SSSR count). The Kier molecular flexibility index (Phi) is 6.61. The van der Waals surface area contributed by atoms with Crippen molar-refractivity contribution < 1.29 is 13.2 Å². The molecule has 1 heterocycles. The van der Waals surface area contributed by atoms with Crippen LogP contribution in [0.1, 0.15) is 18.4 Å². The zero-order valence-corrected chi connectivity index (χ0v) is 14.0. The molecule has 5 heteroatoms. The van der Waals surface area contributed by atoms with Gasteiger partial charge < -0.3 is 4.74 Å². The van der Waals surface area contributed by atoms with Crippen molar-refractivity contribution in [3.63, 3.8) is 0 Å². The van der Waals surface area contributed by atoms with Gasteiger partial charge in [0.15, 0.2) is 9.84 Å². The van der Waals surface area contributed by atoms with Gasteiger partial charge in [-0.1, -0.05) is 42.5 Å². The van der Waals surface area contributed by atoms with E-state index in [1.165, 1.54) is 5.56 Å². The topological polar surface area (TPSA) is 46.6 Å². The molecule has 122 valence electrons. The van der Waals surface area contributed by atoms with E-state index in [-0.39, 0.29) is 6.04 Å². The third-order valence-corrected chi connectivity index (χ3v) is 5.72. The molecule has 1 aliphatic heterocycles. The number of methoxy groups -OCH3 is 1. The molecule has 4 nitrogen and oxygen atoms in total. The first kappa shape index (κ1) is 17.2. The maximum Gasteiger partial charge on any atom is 0.151 e. The number of hydrogen-bond acceptors (Lipinski definition) is 4. The quantitative estimate of drug-likeness (QED) is 0.688. The molecule has 22 heavy (non-hydrogen) atoms. The second-order valence-electron chi connectivity index (χ2n) is 5.71. The molecule has 0 saturated carbocycles. The highest BCUT2D eigenvalue weighted by atomic mass is 32.2. The van der Waals surface area contributed by atoms with Gasteiger partial charge in [-0.15, -0.1) is 0 Å². The maximum absolute atomic E-state index is 11.7. The summed E-state index contributed by atoms with van der Waals surface area (Å²) in [7, 11) is -1.15. The van der Waals surface area contributed by atoms with Crippen LogP contribution in [0.2, 0.25) is 0 Å². The second kappa shape index (κ2) is 8.46. The Morgan fingerprint density at radius 2 is 2.09 bits per heavy atom. The number of benzene rings is 1. The lowest BCUT2D eigenvalue weighted by Gasteiger charge is -2.26. The molecule has 1 aromatic rings. The van der Waals surface area contributed by atoms with E-state index in [1.54, 1.807) is 7.11 Å². The average Bonchev–Trinajstić information content (AvgIpc) is 2.87. The standard InChI is InChI=1S/C17H25NO3S/c1-21-13-6-12-18(17-10-14-22(19,20)15-17)11-5-9-16-7-3-2-4-8-16/h2-5,7-9,17H,6,10-15H2,1H3. The van der Waals surface area contributed by atoms with Crippen LogP contribution in [0.4, 0.5) is 0 Å². The highest BCUT2D eigenvalue weighted by molar-refractivity contribution is 7.91. The number of ether oxygens (including phenoxy) is 1. The zero-order chi connectivity index (χ0) is 15.8. The van der Waals surface area contributed by atoms with Gasteiger partial charge in [0.2, 0.25) is 0 Å². The normalized spacial score (nSPS) is 20.9. The lowest BCUT2D eigenvalue weighted by molar-refractivity contribution is 0.162. The van der Waals surface area contributed by atoms with Crippen molar-refractivity contribution in [1.82, 2.24) is 4.90 Å². The van der Waals surface area contributed by atoms with Gasteiger partial charge in [-0.2, -0.15) is 0 Å². The summed E-state index contributed by atoms with van der Waals surface area (Å²) in [5.41, 5.74) is 1.17. The summed E-state index contributed by atoms with van der Waals surface area (Å²) in [6, 6.07) is 10.3. The molecule has 0 N–H and O–H groups in total. The fourth-order valence-electron chi connectivity index (χ4n) is 2.79. The summed E-state index contributed by atoms with van der Waals surface area (Å²) in [6.45, 7) is 2.35. The molecule has 0 spiro atoms. The Balaban J connectivity index is 1.94. The van der Waals surface area contributed by atoms with Crippen LogP contribution >= 0.6 is 0 Å². The van der Waals surface area contributed by atoms with Gasteiger partial charge in [-0.05, 0) is 18.4 Å². The van der Waals surface area contributed by atoms with Crippen molar-refractivity contribution in [1.29, 1.82) is 0 Å². The molecule has 0 bridgehead atoms. The van der Waals surface area contributed by atoms with Crippen LogP contribution in [-0.4, -0.2) is 57.7 Å². The lowest BCUT2D eigenvalue weighted by Crippen LogP contribution is -2.37. The second-order valence-corrected chi connectivity index (χ2v) is 7.94.